The fourth-order valence-electron chi connectivity index (χ4n) is 3.16. The van der Waals surface area contributed by atoms with Crippen molar-refractivity contribution in [1.82, 2.24) is 5.32 Å². The first-order chi connectivity index (χ1) is 12.4. The number of carbonyl (C=O) groups excluding carboxylic acids is 1. The molecule has 1 heterocycles. The zero-order chi connectivity index (χ0) is 18.7. The van der Waals surface area contributed by atoms with Crippen LogP contribution in [0.4, 0.5) is 0 Å². The number of aryl methyl sites for hydroxylation is 1. The highest BCUT2D eigenvalue weighted by atomic mass is 16.5. The van der Waals surface area contributed by atoms with Gasteiger partial charge in [-0.25, -0.2) is 0 Å². The predicted octanol–water partition coefficient (Wildman–Crippen LogP) is 4.44. The van der Waals surface area contributed by atoms with Crippen LogP contribution in [0.3, 0.4) is 0 Å². The van der Waals surface area contributed by atoms with Crippen LogP contribution in [-0.4, -0.2) is 18.6 Å². The van der Waals surface area contributed by atoms with Gasteiger partial charge in [-0.3, -0.25) is 4.79 Å². The van der Waals surface area contributed by atoms with Crippen LogP contribution < -0.4 is 14.8 Å². The first-order valence-electron chi connectivity index (χ1n) is 8.78. The summed E-state index contributed by atoms with van der Waals surface area (Å²) in [4.78, 5) is 12.4. The molecule has 1 aliphatic rings. The summed E-state index contributed by atoms with van der Waals surface area (Å²) in [6, 6.07) is 13.7. The molecule has 3 rings (SSSR count). The molecule has 0 aliphatic carbocycles. The second kappa shape index (κ2) is 7.24. The van der Waals surface area contributed by atoms with Gasteiger partial charge < -0.3 is 14.8 Å². The average molecular weight is 351 g/mol. The highest BCUT2D eigenvalue weighted by Gasteiger charge is 2.34. The Morgan fingerprint density at radius 2 is 1.96 bits per heavy atom. The van der Waals surface area contributed by atoms with Gasteiger partial charge in [0.1, 0.15) is 17.1 Å². The quantitative estimate of drug-likeness (QED) is 0.829. The third kappa shape index (κ3) is 4.26. The fraction of sp³-hybridized carbons (Fsp3) is 0.318. The van der Waals surface area contributed by atoms with E-state index < -0.39 is 0 Å². The second-order valence-corrected chi connectivity index (χ2v) is 7.27. The Morgan fingerprint density at radius 3 is 2.65 bits per heavy atom. The summed E-state index contributed by atoms with van der Waals surface area (Å²) in [7, 11) is 1.63. The predicted molar refractivity (Wildman–Crippen MR) is 103 cm³/mol. The van der Waals surface area contributed by atoms with Crippen LogP contribution in [0.2, 0.25) is 0 Å². The van der Waals surface area contributed by atoms with Crippen molar-refractivity contribution in [1.29, 1.82) is 0 Å². The Morgan fingerprint density at radius 1 is 1.23 bits per heavy atom. The molecule has 0 spiro atoms. The standard InChI is InChI=1S/C22H25NO3/c1-15-5-7-16(8-6-15)9-12-21(24)23-19-14-22(2,3)26-20-13-17(25-4)10-11-18(19)20/h5-13,19H,14H2,1-4H3,(H,23,24)/b12-9+. The van der Waals surface area contributed by atoms with Crippen molar-refractivity contribution in [2.75, 3.05) is 7.11 Å². The Balaban J connectivity index is 1.76. The maximum absolute atomic E-state index is 12.4. The Hall–Kier alpha value is -2.75. The molecule has 1 unspecified atom stereocenters. The Kier molecular flexibility index (Phi) is 5.03. The summed E-state index contributed by atoms with van der Waals surface area (Å²) in [6.45, 7) is 6.09. The summed E-state index contributed by atoms with van der Waals surface area (Å²) in [6.07, 6.45) is 4.11. The lowest BCUT2D eigenvalue weighted by molar-refractivity contribution is -0.117. The smallest absolute Gasteiger partial charge is 0.244 e. The number of rotatable bonds is 4. The lowest BCUT2D eigenvalue weighted by Gasteiger charge is -2.37. The molecule has 1 aliphatic heterocycles. The van der Waals surface area contributed by atoms with Gasteiger partial charge in [0.05, 0.1) is 13.2 Å². The van der Waals surface area contributed by atoms with Crippen LogP contribution in [0, 0.1) is 6.92 Å². The molecule has 1 atom stereocenters. The molecule has 1 amide bonds. The lowest BCUT2D eigenvalue weighted by Crippen LogP contribution is -2.40. The molecule has 4 nitrogen and oxygen atoms in total. The number of hydrogen-bond acceptors (Lipinski definition) is 3. The number of benzene rings is 2. The SMILES string of the molecule is COc1ccc2c(c1)OC(C)(C)CC2NC(=O)/C=C/c1ccc(C)cc1. The largest absolute Gasteiger partial charge is 0.497 e. The van der Waals surface area contributed by atoms with E-state index in [0.717, 1.165) is 22.6 Å². The van der Waals surface area contributed by atoms with E-state index in [0.29, 0.717) is 6.42 Å². The zero-order valence-electron chi connectivity index (χ0n) is 15.7. The minimum Gasteiger partial charge on any atom is -0.497 e. The van der Waals surface area contributed by atoms with E-state index in [1.54, 1.807) is 13.2 Å². The van der Waals surface area contributed by atoms with E-state index in [4.69, 9.17) is 9.47 Å². The molecular formula is C22H25NO3. The van der Waals surface area contributed by atoms with Gasteiger partial charge in [0.15, 0.2) is 0 Å². The van der Waals surface area contributed by atoms with Crippen molar-refractivity contribution in [2.45, 2.75) is 38.8 Å². The van der Waals surface area contributed by atoms with Gasteiger partial charge in [-0.15, -0.1) is 0 Å². The molecule has 0 aromatic heterocycles. The molecule has 0 radical (unpaired) electrons. The van der Waals surface area contributed by atoms with E-state index in [9.17, 15) is 4.79 Å². The third-order valence-electron chi connectivity index (χ3n) is 4.50. The summed E-state index contributed by atoms with van der Waals surface area (Å²) in [5, 5.41) is 3.10. The van der Waals surface area contributed by atoms with Crippen LogP contribution in [-0.2, 0) is 4.79 Å². The van der Waals surface area contributed by atoms with Gasteiger partial charge in [0.2, 0.25) is 5.91 Å². The highest BCUT2D eigenvalue weighted by molar-refractivity contribution is 5.92. The van der Waals surface area contributed by atoms with Crippen molar-refractivity contribution in [3.8, 4) is 11.5 Å². The number of fused-ring (bicyclic) bond motifs is 1. The topological polar surface area (TPSA) is 47.6 Å². The molecular weight excluding hydrogens is 326 g/mol. The number of hydrogen-bond donors (Lipinski definition) is 1. The van der Waals surface area contributed by atoms with Gasteiger partial charge in [0.25, 0.3) is 0 Å². The molecule has 136 valence electrons. The second-order valence-electron chi connectivity index (χ2n) is 7.27. The van der Waals surface area contributed by atoms with Crippen LogP contribution in [0.5, 0.6) is 11.5 Å². The highest BCUT2D eigenvalue weighted by Crippen LogP contribution is 2.41. The van der Waals surface area contributed by atoms with Crippen molar-refractivity contribution in [3.63, 3.8) is 0 Å². The molecule has 0 fully saturated rings. The Labute approximate surface area is 154 Å². The molecule has 0 saturated heterocycles. The molecule has 2 aromatic carbocycles. The molecule has 0 saturated carbocycles. The third-order valence-corrected chi connectivity index (χ3v) is 4.50. The van der Waals surface area contributed by atoms with Crippen LogP contribution >= 0.6 is 0 Å². The summed E-state index contributed by atoms with van der Waals surface area (Å²) in [5.74, 6) is 1.38. The number of amides is 1. The zero-order valence-corrected chi connectivity index (χ0v) is 15.7. The van der Waals surface area contributed by atoms with E-state index in [2.05, 4.69) is 5.32 Å². The van der Waals surface area contributed by atoms with Gasteiger partial charge in [-0.2, -0.15) is 0 Å². The van der Waals surface area contributed by atoms with E-state index >= 15 is 0 Å². The molecule has 4 heteroatoms. The fourth-order valence-corrected chi connectivity index (χ4v) is 3.16. The van der Waals surface area contributed by atoms with Gasteiger partial charge >= 0.3 is 0 Å². The molecule has 2 aromatic rings. The number of ether oxygens (including phenoxy) is 2. The van der Waals surface area contributed by atoms with Crippen molar-refractivity contribution in [2.24, 2.45) is 0 Å². The minimum atomic E-state index is -0.363. The molecule has 26 heavy (non-hydrogen) atoms. The number of nitrogens with one attached hydrogen (secondary N) is 1. The van der Waals surface area contributed by atoms with E-state index in [1.807, 2.05) is 69.3 Å². The van der Waals surface area contributed by atoms with Gasteiger partial charge in [-0.05, 0) is 44.5 Å². The van der Waals surface area contributed by atoms with Crippen LogP contribution in [0.1, 0.15) is 43.0 Å². The van der Waals surface area contributed by atoms with E-state index in [-0.39, 0.29) is 17.6 Å². The monoisotopic (exact) mass is 351 g/mol. The summed E-state index contributed by atoms with van der Waals surface area (Å²) >= 11 is 0. The van der Waals surface area contributed by atoms with Crippen molar-refractivity contribution in [3.05, 3.63) is 65.2 Å². The normalized spacial score (nSPS) is 18.1. The maximum atomic E-state index is 12.4. The number of carbonyl (C=O) groups is 1. The Bertz CT molecular complexity index is 822. The number of methoxy groups -OCH3 is 1. The van der Waals surface area contributed by atoms with E-state index in [1.165, 1.54) is 5.56 Å². The van der Waals surface area contributed by atoms with Gasteiger partial charge in [-0.1, -0.05) is 29.8 Å². The molecule has 1 N–H and O–H groups in total. The first kappa shape index (κ1) is 18.1. The summed E-state index contributed by atoms with van der Waals surface area (Å²) < 4.78 is 11.3. The van der Waals surface area contributed by atoms with Crippen LogP contribution in [0.25, 0.3) is 6.08 Å². The van der Waals surface area contributed by atoms with Crippen molar-refractivity contribution >= 4 is 12.0 Å². The van der Waals surface area contributed by atoms with Crippen molar-refractivity contribution < 1.29 is 14.3 Å². The minimum absolute atomic E-state index is 0.102. The van der Waals surface area contributed by atoms with Gasteiger partial charge in [0, 0.05) is 24.1 Å². The molecule has 0 bridgehead atoms. The summed E-state index contributed by atoms with van der Waals surface area (Å²) in [5.41, 5.74) is 2.81. The lowest BCUT2D eigenvalue weighted by atomic mass is 9.89. The first-order valence-corrected chi connectivity index (χ1v) is 8.78. The van der Waals surface area contributed by atoms with Crippen LogP contribution in [0.15, 0.2) is 48.5 Å². The average Bonchev–Trinajstić information content (AvgIpc) is 2.59. The maximum Gasteiger partial charge on any atom is 0.244 e.